The highest BCUT2D eigenvalue weighted by atomic mass is 19.4. The Morgan fingerprint density at radius 2 is 1.68 bits per heavy atom. The lowest BCUT2D eigenvalue weighted by atomic mass is 9.87. The number of ether oxygens (including phenoxy) is 1. The maximum atomic E-state index is 12.0. The second-order valence-corrected chi connectivity index (χ2v) is 6.14. The Labute approximate surface area is 131 Å². The Morgan fingerprint density at radius 1 is 1.09 bits per heavy atom. The predicted molar refractivity (Wildman–Crippen MR) is 83.4 cm³/mol. The largest absolute Gasteiger partial charge is 0.402 e. The average molecular weight is 319 g/mol. The van der Waals surface area contributed by atoms with Crippen molar-refractivity contribution in [2.24, 2.45) is 5.73 Å². The second-order valence-electron chi connectivity index (χ2n) is 6.14. The van der Waals surface area contributed by atoms with E-state index in [-0.39, 0.29) is 12.0 Å². The molecule has 2 nitrogen and oxygen atoms in total. The van der Waals surface area contributed by atoms with Crippen LogP contribution in [0.5, 0.6) is 0 Å². The summed E-state index contributed by atoms with van der Waals surface area (Å²) in [5.41, 5.74) is 6.43. The van der Waals surface area contributed by atoms with Crippen molar-refractivity contribution in [2.75, 3.05) is 7.11 Å². The monoisotopic (exact) mass is 319 g/mol. The van der Waals surface area contributed by atoms with Crippen molar-refractivity contribution in [1.29, 1.82) is 0 Å². The molecule has 1 rings (SSSR count). The predicted octanol–water partition coefficient (Wildman–Crippen LogP) is 5.25. The summed E-state index contributed by atoms with van der Waals surface area (Å²) < 4.78 is 41.6. The van der Waals surface area contributed by atoms with Gasteiger partial charge in [-0.1, -0.05) is 50.7 Å². The van der Waals surface area contributed by atoms with Crippen molar-refractivity contribution in [2.45, 2.75) is 76.0 Å². The zero-order valence-corrected chi connectivity index (χ0v) is 13.4. The minimum atomic E-state index is -4.00. The van der Waals surface area contributed by atoms with Crippen LogP contribution < -0.4 is 5.73 Å². The van der Waals surface area contributed by atoms with E-state index in [0.29, 0.717) is 6.42 Å². The van der Waals surface area contributed by atoms with E-state index in [1.165, 1.54) is 0 Å². The minimum absolute atomic E-state index is 0.257. The van der Waals surface area contributed by atoms with Gasteiger partial charge in [0.25, 0.3) is 0 Å². The normalized spacial score (nSPS) is 21.9. The highest BCUT2D eigenvalue weighted by Gasteiger charge is 2.28. The first-order valence-corrected chi connectivity index (χ1v) is 8.13. The summed E-state index contributed by atoms with van der Waals surface area (Å²) in [4.78, 5) is 0. The molecule has 0 spiro atoms. The standard InChI is InChI=1S/C17H28F3NO/c1-22-16(12-9-10-15(21)14-16)11-7-5-3-2-4-6-8-13-17(18,19)20/h9-10,12H,2-8,11,13-14,21H2,1H3. The smallest absolute Gasteiger partial charge is 0.389 e. The summed E-state index contributed by atoms with van der Waals surface area (Å²) in [5, 5.41) is 0. The molecule has 0 amide bonds. The number of alkyl halides is 3. The van der Waals surface area contributed by atoms with Gasteiger partial charge >= 0.3 is 6.18 Å². The van der Waals surface area contributed by atoms with Crippen LogP contribution in [0.2, 0.25) is 0 Å². The highest BCUT2D eigenvalue weighted by Crippen LogP contribution is 2.30. The topological polar surface area (TPSA) is 35.2 Å². The summed E-state index contributed by atoms with van der Waals surface area (Å²) in [6.45, 7) is 0. The molecule has 1 unspecified atom stereocenters. The molecular weight excluding hydrogens is 291 g/mol. The van der Waals surface area contributed by atoms with Gasteiger partial charge in [0.2, 0.25) is 0 Å². The van der Waals surface area contributed by atoms with Crippen LogP contribution in [-0.2, 0) is 4.74 Å². The third kappa shape index (κ3) is 7.87. The second kappa shape index (κ2) is 9.23. The maximum absolute atomic E-state index is 12.0. The molecule has 128 valence electrons. The Bertz CT molecular complexity index is 377. The first-order valence-electron chi connectivity index (χ1n) is 8.13. The van der Waals surface area contributed by atoms with Gasteiger partial charge in [-0.2, -0.15) is 13.2 Å². The fourth-order valence-corrected chi connectivity index (χ4v) is 2.86. The maximum Gasteiger partial charge on any atom is 0.389 e. The molecule has 0 saturated heterocycles. The number of hydrogen-bond donors (Lipinski definition) is 1. The lowest BCUT2D eigenvalue weighted by Crippen LogP contribution is -2.32. The Kier molecular flexibility index (Phi) is 8.01. The number of rotatable bonds is 10. The quantitative estimate of drug-likeness (QED) is 0.558. The molecule has 1 atom stereocenters. The van der Waals surface area contributed by atoms with Crippen molar-refractivity contribution in [3.05, 3.63) is 23.9 Å². The lowest BCUT2D eigenvalue weighted by Gasteiger charge is -2.31. The van der Waals surface area contributed by atoms with Gasteiger partial charge in [-0.25, -0.2) is 0 Å². The van der Waals surface area contributed by atoms with Gasteiger partial charge in [0.05, 0.1) is 5.60 Å². The summed E-state index contributed by atoms with van der Waals surface area (Å²) >= 11 is 0. The first-order chi connectivity index (χ1) is 10.4. The Morgan fingerprint density at radius 3 is 2.23 bits per heavy atom. The molecule has 0 aromatic heterocycles. The van der Waals surface area contributed by atoms with Crippen molar-refractivity contribution >= 4 is 0 Å². The third-order valence-corrected chi connectivity index (χ3v) is 4.18. The highest BCUT2D eigenvalue weighted by molar-refractivity contribution is 5.23. The Hall–Kier alpha value is -0.970. The Balaban J connectivity index is 2.03. The summed E-state index contributed by atoms with van der Waals surface area (Å²) in [6.07, 6.45) is 8.97. The SMILES string of the molecule is COC1(CCCCCCCCCC(F)(F)F)C=CC=C(N)C1. The van der Waals surface area contributed by atoms with E-state index in [2.05, 4.69) is 6.08 Å². The number of halogens is 3. The van der Waals surface area contributed by atoms with Crippen molar-refractivity contribution in [3.63, 3.8) is 0 Å². The van der Waals surface area contributed by atoms with Gasteiger partial charge in [-0.05, 0) is 18.9 Å². The summed E-state index contributed by atoms with van der Waals surface area (Å²) in [7, 11) is 1.71. The van der Waals surface area contributed by atoms with Gasteiger partial charge < -0.3 is 10.5 Å². The number of methoxy groups -OCH3 is 1. The van der Waals surface area contributed by atoms with E-state index in [4.69, 9.17) is 10.5 Å². The molecule has 22 heavy (non-hydrogen) atoms. The van der Waals surface area contributed by atoms with Gasteiger partial charge in [-0.3, -0.25) is 0 Å². The van der Waals surface area contributed by atoms with E-state index in [1.807, 2.05) is 12.2 Å². The zero-order valence-electron chi connectivity index (χ0n) is 13.4. The molecule has 0 heterocycles. The molecule has 0 aromatic rings. The zero-order chi connectivity index (χ0) is 16.5. The third-order valence-electron chi connectivity index (χ3n) is 4.18. The fraction of sp³-hybridized carbons (Fsp3) is 0.765. The van der Waals surface area contributed by atoms with Crippen LogP contribution in [0.3, 0.4) is 0 Å². The number of nitrogens with two attached hydrogens (primary N) is 1. The van der Waals surface area contributed by atoms with Gasteiger partial charge in [0, 0.05) is 25.6 Å². The summed E-state index contributed by atoms with van der Waals surface area (Å²) in [6, 6.07) is 0. The molecule has 1 aliphatic carbocycles. The van der Waals surface area contributed by atoms with Gasteiger partial charge in [0.1, 0.15) is 0 Å². The average Bonchev–Trinajstić information content (AvgIpc) is 2.44. The van der Waals surface area contributed by atoms with E-state index < -0.39 is 12.6 Å². The van der Waals surface area contributed by atoms with Crippen molar-refractivity contribution in [3.8, 4) is 0 Å². The molecule has 0 bridgehead atoms. The van der Waals surface area contributed by atoms with Crippen LogP contribution >= 0.6 is 0 Å². The number of hydrogen-bond acceptors (Lipinski definition) is 2. The summed E-state index contributed by atoms with van der Waals surface area (Å²) in [5.74, 6) is 0. The molecule has 0 fully saturated rings. The number of allylic oxidation sites excluding steroid dienone is 2. The van der Waals surface area contributed by atoms with Gasteiger partial charge in [-0.15, -0.1) is 0 Å². The minimum Gasteiger partial charge on any atom is -0.402 e. The van der Waals surface area contributed by atoms with E-state index in [1.54, 1.807) is 7.11 Å². The fourth-order valence-electron chi connectivity index (χ4n) is 2.86. The molecule has 5 heteroatoms. The van der Waals surface area contributed by atoms with E-state index in [9.17, 15) is 13.2 Å². The van der Waals surface area contributed by atoms with Crippen LogP contribution in [-0.4, -0.2) is 18.9 Å². The molecule has 1 aliphatic rings. The van der Waals surface area contributed by atoms with E-state index >= 15 is 0 Å². The van der Waals surface area contributed by atoms with Crippen LogP contribution in [0.15, 0.2) is 23.9 Å². The number of unbranched alkanes of at least 4 members (excludes halogenated alkanes) is 6. The van der Waals surface area contributed by atoms with E-state index in [0.717, 1.165) is 50.6 Å². The molecular formula is C17H28F3NO. The first kappa shape index (κ1) is 19.1. The molecule has 0 saturated carbocycles. The van der Waals surface area contributed by atoms with Crippen molar-refractivity contribution in [1.82, 2.24) is 0 Å². The molecule has 0 aromatic carbocycles. The van der Waals surface area contributed by atoms with Crippen molar-refractivity contribution < 1.29 is 17.9 Å². The van der Waals surface area contributed by atoms with Crippen LogP contribution in [0.25, 0.3) is 0 Å². The van der Waals surface area contributed by atoms with Crippen LogP contribution in [0.4, 0.5) is 13.2 Å². The lowest BCUT2D eigenvalue weighted by molar-refractivity contribution is -0.135. The molecule has 0 aliphatic heterocycles. The van der Waals surface area contributed by atoms with Crippen LogP contribution in [0, 0.1) is 0 Å². The van der Waals surface area contributed by atoms with Crippen LogP contribution in [0.1, 0.15) is 64.2 Å². The van der Waals surface area contributed by atoms with Gasteiger partial charge in [0.15, 0.2) is 0 Å². The molecule has 0 radical (unpaired) electrons. The molecule has 2 N–H and O–H groups in total.